The molecule has 0 saturated carbocycles. The molecule has 0 atom stereocenters. The van der Waals surface area contributed by atoms with Crippen LogP contribution >= 0.6 is 46.6 Å². The van der Waals surface area contributed by atoms with E-state index in [1.807, 2.05) is 24.3 Å². The second kappa shape index (κ2) is 7.40. The van der Waals surface area contributed by atoms with Crippen molar-refractivity contribution in [2.24, 2.45) is 0 Å². The molecule has 2 aromatic carbocycles. The highest BCUT2D eigenvalue weighted by molar-refractivity contribution is 7.98. The summed E-state index contributed by atoms with van der Waals surface area (Å²) < 4.78 is 1.64. The summed E-state index contributed by atoms with van der Waals surface area (Å²) in [6.45, 7) is 0. The zero-order valence-corrected chi connectivity index (χ0v) is 16.2. The number of benzene rings is 2. The van der Waals surface area contributed by atoms with E-state index in [0.717, 1.165) is 16.3 Å². The van der Waals surface area contributed by atoms with Crippen LogP contribution in [-0.2, 0) is 5.75 Å². The summed E-state index contributed by atoms with van der Waals surface area (Å²) in [5, 5.41) is 11.0. The van der Waals surface area contributed by atoms with E-state index in [2.05, 4.69) is 20.3 Å². The number of fused-ring (bicyclic) bond motifs is 1. The number of rotatable bonds is 4. The van der Waals surface area contributed by atoms with Gasteiger partial charge in [0.2, 0.25) is 0 Å². The molecule has 0 saturated heterocycles. The van der Waals surface area contributed by atoms with Crippen LogP contribution in [0.1, 0.15) is 5.56 Å². The fourth-order valence-electron chi connectivity index (χ4n) is 2.40. The molecule has 0 spiro atoms. The van der Waals surface area contributed by atoms with Gasteiger partial charge in [-0.1, -0.05) is 63.9 Å². The summed E-state index contributed by atoms with van der Waals surface area (Å²) in [6.07, 6.45) is 1.50. The largest absolute Gasteiger partial charge is 0.227 e. The van der Waals surface area contributed by atoms with Crippen LogP contribution < -0.4 is 0 Å². The molecule has 130 valence electrons. The van der Waals surface area contributed by atoms with Gasteiger partial charge < -0.3 is 0 Å². The Labute approximate surface area is 168 Å². The minimum Gasteiger partial charge on any atom is -0.227 e. The zero-order valence-electron chi connectivity index (χ0n) is 13.1. The van der Waals surface area contributed by atoms with Crippen molar-refractivity contribution in [2.45, 2.75) is 10.8 Å². The predicted octanol–water partition coefficient (Wildman–Crippen LogP) is 5.46. The third-order valence-corrected chi connectivity index (χ3v) is 5.49. The zero-order chi connectivity index (χ0) is 18.1. The maximum absolute atomic E-state index is 6.24. The standard InChI is InChI=1S/C17H10Cl3N5S/c18-11-2-1-3-13(6-11)25-16-15(23-24-25)17(22-9-21-16)26-8-10-4-5-12(19)7-14(10)20/h1-7,9H,8H2. The first kappa shape index (κ1) is 17.5. The van der Waals surface area contributed by atoms with Crippen LogP contribution in [0.25, 0.3) is 16.9 Å². The van der Waals surface area contributed by atoms with E-state index >= 15 is 0 Å². The van der Waals surface area contributed by atoms with Crippen molar-refractivity contribution in [3.63, 3.8) is 0 Å². The minimum atomic E-state index is 0.609. The van der Waals surface area contributed by atoms with Gasteiger partial charge in [0.25, 0.3) is 0 Å². The molecule has 0 fully saturated rings. The van der Waals surface area contributed by atoms with Crippen LogP contribution in [0.2, 0.25) is 15.1 Å². The highest BCUT2D eigenvalue weighted by Gasteiger charge is 2.14. The van der Waals surface area contributed by atoms with Crippen molar-refractivity contribution in [3.8, 4) is 5.69 Å². The smallest absolute Gasteiger partial charge is 0.187 e. The van der Waals surface area contributed by atoms with Crippen molar-refractivity contribution in [3.05, 3.63) is 69.4 Å². The van der Waals surface area contributed by atoms with E-state index < -0.39 is 0 Å². The Morgan fingerprint density at radius 2 is 1.81 bits per heavy atom. The van der Waals surface area contributed by atoms with Gasteiger partial charge >= 0.3 is 0 Å². The third kappa shape index (κ3) is 3.50. The lowest BCUT2D eigenvalue weighted by atomic mass is 10.2. The number of halogens is 3. The van der Waals surface area contributed by atoms with E-state index in [1.54, 1.807) is 22.9 Å². The van der Waals surface area contributed by atoms with Crippen LogP contribution in [0, 0.1) is 0 Å². The Bertz CT molecular complexity index is 1100. The second-order valence-electron chi connectivity index (χ2n) is 5.36. The summed E-state index contributed by atoms with van der Waals surface area (Å²) in [7, 11) is 0. The maximum Gasteiger partial charge on any atom is 0.187 e. The van der Waals surface area contributed by atoms with Gasteiger partial charge in [0.1, 0.15) is 11.4 Å². The fraction of sp³-hybridized carbons (Fsp3) is 0.0588. The van der Waals surface area contributed by atoms with Gasteiger partial charge in [-0.25, -0.2) is 9.97 Å². The molecule has 5 nitrogen and oxygen atoms in total. The predicted molar refractivity (Wildman–Crippen MR) is 105 cm³/mol. The van der Waals surface area contributed by atoms with Gasteiger partial charge in [-0.2, -0.15) is 4.68 Å². The Balaban J connectivity index is 1.66. The van der Waals surface area contributed by atoms with Gasteiger partial charge in [-0.15, -0.1) is 5.10 Å². The lowest BCUT2D eigenvalue weighted by Gasteiger charge is -2.05. The van der Waals surface area contributed by atoms with Crippen molar-refractivity contribution in [1.29, 1.82) is 0 Å². The van der Waals surface area contributed by atoms with Crippen LogP contribution in [0.3, 0.4) is 0 Å². The monoisotopic (exact) mass is 421 g/mol. The quantitative estimate of drug-likeness (QED) is 0.323. The molecular formula is C17H10Cl3N5S. The van der Waals surface area contributed by atoms with E-state index in [9.17, 15) is 0 Å². The van der Waals surface area contributed by atoms with Crippen LogP contribution in [0.4, 0.5) is 0 Å². The van der Waals surface area contributed by atoms with Gasteiger partial charge in [0.05, 0.1) is 5.69 Å². The molecule has 0 aliphatic rings. The van der Waals surface area contributed by atoms with Crippen molar-refractivity contribution >= 4 is 57.7 Å². The van der Waals surface area contributed by atoms with Crippen molar-refractivity contribution < 1.29 is 0 Å². The average molecular weight is 423 g/mol. The Morgan fingerprint density at radius 3 is 2.62 bits per heavy atom. The molecule has 9 heteroatoms. The SMILES string of the molecule is Clc1cccc(-n2nnc3c(SCc4ccc(Cl)cc4Cl)ncnc32)c1. The van der Waals surface area contributed by atoms with E-state index in [0.29, 0.717) is 32.0 Å². The number of aromatic nitrogens is 5. The lowest BCUT2D eigenvalue weighted by molar-refractivity contribution is 0.817. The highest BCUT2D eigenvalue weighted by Crippen LogP contribution is 2.30. The van der Waals surface area contributed by atoms with Crippen LogP contribution in [0.15, 0.2) is 53.8 Å². The Hall–Kier alpha value is -1.86. The Kier molecular flexibility index (Phi) is 5.00. The van der Waals surface area contributed by atoms with E-state index in [4.69, 9.17) is 34.8 Å². The molecule has 0 unspecified atom stereocenters. The van der Waals surface area contributed by atoms with Crippen LogP contribution in [-0.4, -0.2) is 25.0 Å². The first-order chi connectivity index (χ1) is 12.6. The van der Waals surface area contributed by atoms with E-state index in [-0.39, 0.29) is 0 Å². The summed E-state index contributed by atoms with van der Waals surface area (Å²) in [5.41, 5.74) is 3.00. The molecule has 0 N–H and O–H groups in total. The van der Waals surface area contributed by atoms with Crippen molar-refractivity contribution in [2.75, 3.05) is 0 Å². The molecule has 0 amide bonds. The Morgan fingerprint density at radius 1 is 0.962 bits per heavy atom. The molecule has 0 bridgehead atoms. The summed E-state index contributed by atoms with van der Waals surface area (Å²) in [4.78, 5) is 8.65. The van der Waals surface area contributed by atoms with Crippen molar-refractivity contribution in [1.82, 2.24) is 25.0 Å². The van der Waals surface area contributed by atoms with Gasteiger partial charge in [0, 0.05) is 20.8 Å². The minimum absolute atomic E-state index is 0.609. The molecule has 2 heterocycles. The molecule has 0 radical (unpaired) electrons. The molecule has 2 aromatic heterocycles. The van der Waals surface area contributed by atoms with Gasteiger partial charge in [-0.05, 0) is 35.9 Å². The van der Waals surface area contributed by atoms with Gasteiger partial charge in [0.15, 0.2) is 11.2 Å². The maximum atomic E-state index is 6.24. The number of nitrogens with zero attached hydrogens (tertiary/aromatic N) is 5. The number of thioether (sulfide) groups is 1. The molecule has 4 rings (SSSR count). The summed E-state index contributed by atoms with van der Waals surface area (Å²) >= 11 is 19.8. The summed E-state index contributed by atoms with van der Waals surface area (Å²) in [5.74, 6) is 0.631. The normalized spacial score (nSPS) is 11.2. The fourth-order valence-corrected chi connectivity index (χ4v) is 4.07. The highest BCUT2D eigenvalue weighted by atomic mass is 35.5. The van der Waals surface area contributed by atoms with Gasteiger partial charge in [-0.3, -0.25) is 0 Å². The number of hydrogen-bond donors (Lipinski definition) is 0. The summed E-state index contributed by atoms with van der Waals surface area (Å²) in [6, 6.07) is 12.8. The number of hydrogen-bond acceptors (Lipinski definition) is 5. The third-order valence-electron chi connectivity index (χ3n) is 3.64. The topological polar surface area (TPSA) is 56.5 Å². The average Bonchev–Trinajstić information content (AvgIpc) is 3.06. The lowest BCUT2D eigenvalue weighted by Crippen LogP contribution is -1.98. The first-order valence-corrected chi connectivity index (χ1v) is 9.63. The second-order valence-corrected chi connectivity index (χ2v) is 7.60. The first-order valence-electron chi connectivity index (χ1n) is 7.51. The molecule has 4 aromatic rings. The molecule has 0 aliphatic heterocycles. The molecule has 26 heavy (non-hydrogen) atoms. The molecule has 0 aliphatic carbocycles. The molecular weight excluding hydrogens is 413 g/mol. The van der Waals surface area contributed by atoms with Crippen LogP contribution in [0.5, 0.6) is 0 Å². The van der Waals surface area contributed by atoms with E-state index in [1.165, 1.54) is 18.1 Å².